The van der Waals surface area contributed by atoms with Crippen LogP contribution in [0, 0.1) is 0 Å². The van der Waals surface area contributed by atoms with Gasteiger partial charge >= 0.3 is 0 Å². The zero-order valence-electron chi connectivity index (χ0n) is 18.1. The van der Waals surface area contributed by atoms with Crippen molar-refractivity contribution in [2.75, 3.05) is 23.3 Å². The minimum Gasteiger partial charge on any atom is -0.372 e. The van der Waals surface area contributed by atoms with E-state index in [9.17, 15) is 4.79 Å². The number of amides is 1. The normalized spacial score (nSPS) is 11.4. The number of benzene rings is 3. The van der Waals surface area contributed by atoms with Crippen molar-refractivity contribution in [1.82, 2.24) is 15.2 Å². The molecule has 160 valence electrons. The van der Waals surface area contributed by atoms with Gasteiger partial charge in [-0.15, -0.1) is 10.2 Å². The molecule has 1 amide bonds. The molecule has 0 saturated heterocycles. The highest BCUT2D eigenvalue weighted by atomic mass is 16.1. The fraction of sp³-hybridized carbons (Fsp3) is 0.160. The first kappa shape index (κ1) is 21.1. The molecule has 0 aliphatic rings. The highest BCUT2D eigenvalue weighted by Crippen LogP contribution is 2.21. The van der Waals surface area contributed by atoms with E-state index in [1.807, 2.05) is 78.9 Å². The minimum atomic E-state index is -0.402. The molecule has 1 N–H and O–H groups in total. The number of nitrogens with zero attached hydrogens (tertiary/aromatic N) is 5. The summed E-state index contributed by atoms with van der Waals surface area (Å²) in [5.74, 6) is -0.231. The Hall–Kier alpha value is -4.13. The summed E-state index contributed by atoms with van der Waals surface area (Å²) < 4.78 is 0. The van der Waals surface area contributed by atoms with E-state index < -0.39 is 5.91 Å². The van der Waals surface area contributed by atoms with Gasteiger partial charge in [0.2, 0.25) is 5.82 Å². The first-order chi connectivity index (χ1) is 15.7. The maximum Gasteiger partial charge on any atom is 0.278 e. The molecular formula is C25H24N6O. The molecule has 32 heavy (non-hydrogen) atoms. The van der Waals surface area contributed by atoms with Gasteiger partial charge in [0.15, 0.2) is 5.71 Å². The lowest BCUT2D eigenvalue weighted by atomic mass is 10.2. The van der Waals surface area contributed by atoms with Crippen LogP contribution in [-0.4, -0.2) is 39.9 Å². The van der Waals surface area contributed by atoms with Gasteiger partial charge in [-0.3, -0.25) is 4.79 Å². The quantitative estimate of drug-likeness (QED) is 0.437. The second-order valence-electron chi connectivity index (χ2n) is 7.09. The van der Waals surface area contributed by atoms with Gasteiger partial charge in [-0.25, -0.2) is 9.98 Å². The van der Waals surface area contributed by atoms with Crippen LogP contribution < -0.4 is 10.2 Å². The van der Waals surface area contributed by atoms with Gasteiger partial charge in [-0.05, 0) is 62.4 Å². The molecule has 0 aliphatic carbocycles. The molecule has 1 heterocycles. The number of anilines is 2. The van der Waals surface area contributed by atoms with E-state index in [0.29, 0.717) is 22.4 Å². The molecule has 3 aromatic carbocycles. The van der Waals surface area contributed by atoms with Crippen LogP contribution in [0.4, 0.5) is 17.1 Å². The minimum absolute atomic E-state index is 0.0997. The van der Waals surface area contributed by atoms with Crippen LogP contribution in [0.1, 0.15) is 19.7 Å². The zero-order valence-corrected chi connectivity index (χ0v) is 18.1. The molecule has 0 atom stereocenters. The maximum atomic E-state index is 13.2. The molecule has 0 bridgehead atoms. The third-order valence-electron chi connectivity index (χ3n) is 5.04. The van der Waals surface area contributed by atoms with E-state index >= 15 is 0 Å². The average molecular weight is 425 g/mol. The van der Waals surface area contributed by atoms with Crippen molar-refractivity contribution in [2.24, 2.45) is 4.99 Å². The first-order valence-electron chi connectivity index (χ1n) is 10.6. The SMILES string of the molecule is CCN(CC)c1ccc(N=C(C(=O)Nc2ccccc2)c2nnc3ccccc3n2)cc1. The second kappa shape index (κ2) is 9.78. The lowest BCUT2D eigenvalue weighted by molar-refractivity contribution is -0.110. The first-order valence-corrected chi connectivity index (χ1v) is 10.6. The number of para-hydroxylation sites is 2. The number of hydrogen-bond donors (Lipinski definition) is 1. The second-order valence-corrected chi connectivity index (χ2v) is 7.09. The van der Waals surface area contributed by atoms with Crippen LogP contribution in [0.3, 0.4) is 0 Å². The summed E-state index contributed by atoms with van der Waals surface area (Å²) in [6, 6.07) is 24.4. The Morgan fingerprint density at radius 1 is 0.844 bits per heavy atom. The Bertz CT molecular complexity index is 1230. The maximum absolute atomic E-state index is 13.2. The Morgan fingerprint density at radius 2 is 1.50 bits per heavy atom. The third-order valence-corrected chi connectivity index (χ3v) is 5.04. The van der Waals surface area contributed by atoms with Crippen molar-refractivity contribution in [3.8, 4) is 0 Å². The van der Waals surface area contributed by atoms with Crippen molar-refractivity contribution in [3.05, 3.63) is 84.7 Å². The molecule has 0 radical (unpaired) electrons. The Kier molecular flexibility index (Phi) is 6.46. The standard InChI is InChI=1S/C25H24N6O/c1-3-31(4-2)20-16-14-19(15-17-20)26-23(25(32)27-18-10-6-5-7-11-18)24-28-21-12-8-9-13-22(21)29-30-24/h5-17H,3-4H2,1-2H3,(H,27,32). The van der Waals surface area contributed by atoms with E-state index in [1.54, 1.807) is 0 Å². The van der Waals surface area contributed by atoms with Crippen molar-refractivity contribution in [3.63, 3.8) is 0 Å². The monoisotopic (exact) mass is 424 g/mol. The third kappa shape index (κ3) is 4.78. The van der Waals surface area contributed by atoms with Gasteiger partial charge in [0, 0.05) is 24.5 Å². The molecule has 4 aromatic rings. The predicted octanol–water partition coefficient (Wildman–Crippen LogP) is 4.63. The number of carbonyl (C=O) groups excluding carboxylic acids is 1. The summed E-state index contributed by atoms with van der Waals surface area (Å²) in [6.07, 6.45) is 0. The van der Waals surface area contributed by atoms with Gasteiger partial charge in [0.05, 0.1) is 11.2 Å². The molecule has 0 fully saturated rings. The average Bonchev–Trinajstić information content (AvgIpc) is 2.84. The van der Waals surface area contributed by atoms with E-state index in [1.165, 1.54) is 0 Å². The van der Waals surface area contributed by atoms with Crippen LogP contribution in [-0.2, 0) is 4.79 Å². The summed E-state index contributed by atoms with van der Waals surface area (Å²) in [7, 11) is 0. The highest BCUT2D eigenvalue weighted by molar-refractivity contribution is 6.48. The molecule has 7 nitrogen and oxygen atoms in total. The van der Waals surface area contributed by atoms with Gasteiger partial charge < -0.3 is 10.2 Å². The summed E-state index contributed by atoms with van der Waals surface area (Å²) in [4.78, 5) is 24.5. The van der Waals surface area contributed by atoms with Gasteiger partial charge in [0.1, 0.15) is 5.52 Å². The summed E-state index contributed by atoms with van der Waals surface area (Å²) >= 11 is 0. The molecule has 1 aromatic heterocycles. The van der Waals surface area contributed by atoms with E-state index in [2.05, 4.69) is 44.2 Å². The molecule has 0 spiro atoms. The van der Waals surface area contributed by atoms with Gasteiger partial charge in [-0.1, -0.05) is 30.3 Å². The van der Waals surface area contributed by atoms with Crippen molar-refractivity contribution in [2.45, 2.75) is 13.8 Å². The summed E-state index contributed by atoms with van der Waals surface area (Å²) in [5.41, 5.74) is 3.81. The van der Waals surface area contributed by atoms with E-state index in [0.717, 1.165) is 18.8 Å². The molecule has 0 aliphatic heterocycles. The molecule has 0 unspecified atom stereocenters. The number of rotatable bonds is 7. The fourth-order valence-electron chi connectivity index (χ4n) is 3.35. The van der Waals surface area contributed by atoms with Gasteiger partial charge in [0.25, 0.3) is 5.91 Å². The summed E-state index contributed by atoms with van der Waals surface area (Å²) in [5, 5.41) is 11.3. The zero-order chi connectivity index (χ0) is 22.3. The summed E-state index contributed by atoms with van der Waals surface area (Å²) in [6.45, 7) is 6.07. The smallest absolute Gasteiger partial charge is 0.278 e. The molecule has 7 heteroatoms. The van der Waals surface area contributed by atoms with Crippen molar-refractivity contribution < 1.29 is 4.79 Å². The lowest BCUT2D eigenvalue weighted by Crippen LogP contribution is -2.26. The number of fused-ring (bicyclic) bond motifs is 1. The molecule has 0 saturated carbocycles. The lowest BCUT2D eigenvalue weighted by Gasteiger charge is -2.20. The van der Waals surface area contributed by atoms with Crippen LogP contribution in [0.15, 0.2) is 83.9 Å². The number of carbonyl (C=O) groups is 1. The topological polar surface area (TPSA) is 83.4 Å². The Labute approximate surface area is 186 Å². The number of hydrogen-bond acceptors (Lipinski definition) is 6. The number of aliphatic imine (C=N–C) groups is 1. The molecule has 4 rings (SSSR count). The molecular weight excluding hydrogens is 400 g/mol. The largest absolute Gasteiger partial charge is 0.372 e. The predicted molar refractivity (Wildman–Crippen MR) is 129 cm³/mol. The Balaban J connectivity index is 1.73. The van der Waals surface area contributed by atoms with Crippen molar-refractivity contribution >= 4 is 39.7 Å². The number of aromatic nitrogens is 3. The van der Waals surface area contributed by atoms with Crippen LogP contribution in [0.5, 0.6) is 0 Å². The van der Waals surface area contributed by atoms with Crippen LogP contribution >= 0.6 is 0 Å². The van der Waals surface area contributed by atoms with E-state index in [-0.39, 0.29) is 11.5 Å². The van der Waals surface area contributed by atoms with E-state index in [4.69, 9.17) is 0 Å². The Morgan fingerprint density at radius 3 is 2.19 bits per heavy atom. The fourth-order valence-corrected chi connectivity index (χ4v) is 3.35. The van der Waals surface area contributed by atoms with Crippen molar-refractivity contribution in [1.29, 1.82) is 0 Å². The van der Waals surface area contributed by atoms with Crippen LogP contribution in [0.25, 0.3) is 11.0 Å². The number of nitrogens with one attached hydrogen (secondary N) is 1. The van der Waals surface area contributed by atoms with Crippen LogP contribution in [0.2, 0.25) is 0 Å². The highest BCUT2D eigenvalue weighted by Gasteiger charge is 2.19. The van der Waals surface area contributed by atoms with Gasteiger partial charge in [-0.2, -0.15) is 0 Å².